The van der Waals surface area contributed by atoms with Gasteiger partial charge in [0.1, 0.15) is 0 Å². The Hall–Kier alpha value is -1.71. The van der Waals surface area contributed by atoms with Gasteiger partial charge in [-0.1, -0.05) is 41.9 Å². The van der Waals surface area contributed by atoms with Crippen LogP contribution in [0.5, 0.6) is 0 Å². The van der Waals surface area contributed by atoms with E-state index in [0.29, 0.717) is 5.25 Å². The molecular weight excluding hydrogens is 300 g/mol. The van der Waals surface area contributed by atoms with Crippen LogP contribution < -0.4 is 0 Å². The van der Waals surface area contributed by atoms with Gasteiger partial charge in [0, 0.05) is 28.9 Å². The molecule has 0 aliphatic heterocycles. The van der Waals surface area contributed by atoms with Gasteiger partial charge >= 0.3 is 0 Å². The van der Waals surface area contributed by atoms with Crippen molar-refractivity contribution in [2.24, 2.45) is 0 Å². The van der Waals surface area contributed by atoms with Crippen molar-refractivity contribution >= 4 is 23.4 Å². The van der Waals surface area contributed by atoms with E-state index >= 15 is 0 Å². The van der Waals surface area contributed by atoms with Crippen LogP contribution in [0.15, 0.2) is 78.2 Å². The summed E-state index contributed by atoms with van der Waals surface area (Å²) in [4.78, 5) is 5.38. The third-order valence-corrected chi connectivity index (χ3v) is 4.70. The standard InChI is InChI=1S/C17H15ClN2S/c18-15-8-6-14(7-9-15)17(12-20-11-10-19-13-20)21-16-4-2-1-3-5-16/h1-11,13,17H,12H2. The molecule has 2 nitrogen and oxygen atoms in total. The Morgan fingerprint density at radius 3 is 2.48 bits per heavy atom. The molecule has 0 aliphatic rings. The second-order valence-electron chi connectivity index (χ2n) is 4.73. The molecule has 1 unspecified atom stereocenters. The van der Waals surface area contributed by atoms with Gasteiger partial charge in [0.2, 0.25) is 0 Å². The van der Waals surface area contributed by atoms with Crippen molar-refractivity contribution < 1.29 is 0 Å². The molecule has 1 aromatic heterocycles. The van der Waals surface area contributed by atoms with E-state index in [1.165, 1.54) is 10.5 Å². The van der Waals surface area contributed by atoms with E-state index in [2.05, 4.69) is 45.9 Å². The fourth-order valence-corrected chi connectivity index (χ4v) is 3.45. The highest BCUT2D eigenvalue weighted by Crippen LogP contribution is 2.36. The van der Waals surface area contributed by atoms with E-state index in [0.717, 1.165) is 11.6 Å². The van der Waals surface area contributed by atoms with Gasteiger partial charge in [0.05, 0.1) is 11.6 Å². The van der Waals surface area contributed by atoms with Gasteiger partial charge in [0.15, 0.2) is 0 Å². The minimum Gasteiger partial charge on any atom is -0.336 e. The van der Waals surface area contributed by atoms with Gasteiger partial charge in [-0.05, 0) is 29.8 Å². The van der Waals surface area contributed by atoms with Crippen molar-refractivity contribution in [3.05, 3.63) is 83.9 Å². The van der Waals surface area contributed by atoms with E-state index < -0.39 is 0 Å². The fourth-order valence-electron chi connectivity index (χ4n) is 2.14. The number of imidazole rings is 1. The summed E-state index contributed by atoms with van der Waals surface area (Å²) in [5, 5.41) is 1.09. The molecule has 0 amide bonds. The first-order valence-corrected chi connectivity index (χ1v) is 8.00. The van der Waals surface area contributed by atoms with Crippen LogP contribution in [0.2, 0.25) is 5.02 Å². The molecule has 0 fully saturated rings. The van der Waals surface area contributed by atoms with Crippen LogP contribution in [0.25, 0.3) is 0 Å². The summed E-state index contributed by atoms with van der Waals surface area (Å²) in [5.41, 5.74) is 1.27. The van der Waals surface area contributed by atoms with Crippen LogP contribution in [0.4, 0.5) is 0 Å². The van der Waals surface area contributed by atoms with Gasteiger partial charge in [-0.25, -0.2) is 4.98 Å². The second-order valence-corrected chi connectivity index (χ2v) is 6.44. The Morgan fingerprint density at radius 1 is 1.05 bits per heavy atom. The SMILES string of the molecule is Clc1ccc(C(Cn2ccnc2)Sc2ccccc2)cc1. The largest absolute Gasteiger partial charge is 0.336 e. The first kappa shape index (κ1) is 14.2. The van der Waals surface area contributed by atoms with Crippen LogP contribution in [0.3, 0.4) is 0 Å². The molecule has 3 aromatic rings. The average molecular weight is 315 g/mol. The van der Waals surface area contributed by atoms with Crippen molar-refractivity contribution in [2.75, 3.05) is 0 Å². The molecule has 106 valence electrons. The maximum Gasteiger partial charge on any atom is 0.0946 e. The molecule has 0 saturated heterocycles. The van der Waals surface area contributed by atoms with E-state index in [-0.39, 0.29) is 0 Å². The zero-order valence-corrected chi connectivity index (χ0v) is 13.0. The molecule has 1 heterocycles. The maximum absolute atomic E-state index is 6.00. The highest BCUT2D eigenvalue weighted by Gasteiger charge is 2.14. The van der Waals surface area contributed by atoms with Gasteiger partial charge in [-0.15, -0.1) is 11.8 Å². The fraction of sp³-hybridized carbons (Fsp3) is 0.118. The number of aromatic nitrogens is 2. The lowest BCUT2D eigenvalue weighted by Crippen LogP contribution is -2.04. The molecule has 0 saturated carbocycles. The van der Waals surface area contributed by atoms with Crippen LogP contribution in [-0.4, -0.2) is 9.55 Å². The normalized spacial score (nSPS) is 12.2. The molecule has 0 aliphatic carbocycles. The predicted molar refractivity (Wildman–Crippen MR) is 88.7 cm³/mol. The topological polar surface area (TPSA) is 17.8 Å². The third kappa shape index (κ3) is 3.90. The van der Waals surface area contributed by atoms with Crippen LogP contribution in [-0.2, 0) is 6.54 Å². The summed E-state index contributed by atoms with van der Waals surface area (Å²) in [6.45, 7) is 0.876. The average Bonchev–Trinajstić information content (AvgIpc) is 3.01. The Labute approximate surface area is 133 Å². The van der Waals surface area contributed by atoms with E-state index in [1.54, 1.807) is 0 Å². The summed E-state index contributed by atoms with van der Waals surface area (Å²) in [5.74, 6) is 0. The summed E-state index contributed by atoms with van der Waals surface area (Å²) in [6.07, 6.45) is 5.66. The Morgan fingerprint density at radius 2 is 1.81 bits per heavy atom. The van der Waals surface area contributed by atoms with Gasteiger partial charge in [-0.3, -0.25) is 0 Å². The van der Waals surface area contributed by atoms with E-state index in [4.69, 9.17) is 11.6 Å². The number of rotatable bonds is 5. The molecule has 1 atom stereocenters. The first-order chi connectivity index (χ1) is 10.3. The summed E-state index contributed by atoms with van der Waals surface area (Å²) >= 11 is 7.85. The molecule has 3 rings (SSSR count). The van der Waals surface area contributed by atoms with Crippen LogP contribution in [0, 0.1) is 0 Å². The summed E-state index contributed by atoms with van der Waals surface area (Å²) < 4.78 is 2.11. The molecule has 0 N–H and O–H groups in total. The first-order valence-electron chi connectivity index (χ1n) is 6.74. The molecule has 0 spiro atoms. The lowest BCUT2D eigenvalue weighted by atomic mass is 10.1. The Balaban J connectivity index is 1.85. The lowest BCUT2D eigenvalue weighted by Gasteiger charge is -2.18. The number of benzene rings is 2. The zero-order valence-electron chi connectivity index (χ0n) is 11.4. The number of nitrogens with zero attached hydrogens (tertiary/aromatic N) is 2. The highest BCUT2D eigenvalue weighted by atomic mass is 35.5. The molecule has 0 bridgehead atoms. The van der Waals surface area contributed by atoms with E-state index in [1.807, 2.05) is 48.7 Å². The quantitative estimate of drug-likeness (QED) is 0.612. The number of hydrogen-bond acceptors (Lipinski definition) is 2. The smallest absolute Gasteiger partial charge is 0.0946 e. The minimum atomic E-state index is 0.318. The molecule has 4 heteroatoms. The van der Waals surface area contributed by atoms with Crippen molar-refractivity contribution in [1.29, 1.82) is 0 Å². The maximum atomic E-state index is 6.00. The summed E-state index contributed by atoms with van der Waals surface area (Å²) in [7, 11) is 0. The van der Waals surface area contributed by atoms with Crippen LogP contribution in [0.1, 0.15) is 10.8 Å². The van der Waals surface area contributed by atoms with Crippen molar-refractivity contribution in [3.8, 4) is 0 Å². The highest BCUT2D eigenvalue weighted by molar-refractivity contribution is 7.99. The predicted octanol–water partition coefficient (Wildman–Crippen LogP) is 5.07. The number of thioether (sulfide) groups is 1. The molecule has 21 heavy (non-hydrogen) atoms. The molecule has 2 aromatic carbocycles. The number of hydrogen-bond donors (Lipinski definition) is 0. The minimum absolute atomic E-state index is 0.318. The van der Waals surface area contributed by atoms with E-state index in [9.17, 15) is 0 Å². The second kappa shape index (κ2) is 6.83. The Bertz CT molecular complexity index is 666. The molecular formula is C17H15ClN2S. The lowest BCUT2D eigenvalue weighted by molar-refractivity contribution is 0.683. The summed E-state index contributed by atoms with van der Waals surface area (Å²) in [6, 6.07) is 18.5. The van der Waals surface area contributed by atoms with Gasteiger partial charge in [-0.2, -0.15) is 0 Å². The monoisotopic (exact) mass is 314 g/mol. The number of halogens is 1. The third-order valence-electron chi connectivity index (χ3n) is 3.20. The zero-order chi connectivity index (χ0) is 14.5. The van der Waals surface area contributed by atoms with Crippen molar-refractivity contribution in [3.63, 3.8) is 0 Å². The van der Waals surface area contributed by atoms with Gasteiger partial charge in [0.25, 0.3) is 0 Å². The van der Waals surface area contributed by atoms with Gasteiger partial charge < -0.3 is 4.57 Å². The Kier molecular flexibility index (Phi) is 4.63. The van der Waals surface area contributed by atoms with Crippen molar-refractivity contribution in [2.45, 2.75) is 16.7 Å². The van der Waals surface area contributed by atoms with Crippen LogP contribution >= 0.6 is 23.4 Å². The van der Waals surface area contributed by atoms with Crippen molar-refractivity contribution in [1.82, 2.24) is 9.55 Å². The molecule has 0 radical (unpaired) electrons.